The van der Waals surface area contributed by atoms with Gasteiger partial charge in [-0.15, -0.1) is 0 Å². The fraction of sp³-hybridized carbons (Fsp3) is 0.667. The molecule has 3 nitrogen and oxygen atoms in total. The van der Waals surface area contributed by atoms with E-state index < -0.39 is 0 Å². The molecular formula is C9H12BrNO2. The lowest BCUT2D eigenvalue weighted by atomic mass is 10.1. The Morgan fingerprint density at radius 2 is 2.31 bits per heavy atom. The fourth-order valence-electron chi connectivity index (χ4n) is 1.33. The number of carbonyl (C=O) groups excluding carboxylic acids is 1. The van der Waals surface area contributed by atoms with E-state index in [1.807, 2.05) is 13.8 Å². The van der Waals surface area contributed by atoms with Gasteiger partial charge in [-0.1, -0.05) is 0 Å². The molecule has 1 saturated heterocycles. The molecule has 0 aromatic heterocycles. The number of halogens is 1. The van der Waals surface area contributed by atoms with Crippen LogP contribution in [0.15, 0.2) is 0 Å². The van der Waals surface area contributed by atoms with Gasteiger partial charge < -0.3 is 9.64 Å². The van der Waals surface area contributed by atoms with Gasteiger partial charge in [0.05, 0.1) is 18.8 Å². The number of rotatable bonds is 0. The Kier molecular flexibility index (Phi) is 3.76. The summed E-state index contributed by atoms with van der Waals surface area (Å²) >= 11 is 2.91. The van der Waals surface area contributed by atoms with E-state index in [-0.39, 0.29) is 18.1 Å². The summed E-state index contributed by atoms with van der Waals surface area (Å²) in [6.07, 6.45) is 0.0924. The molecule has 1 fully saturated rings. The molecule has 72 valence electrons. The summed E-state index contributed by atoms with van der Waals surface area (Å²) in [6.45, 7) is 5.16. The van der Waals surface area contributed by atoms with Crippen molar-refractivity contribution in [2.24, 2.45) is 0 Å². The van der Waals surface area contributed by atoms with Crippen LogP contribution in [0.3, 0.4) is 0 Å². The molecule has 2 atom stereocenters. The topological polar surface area (TPSA) is 29.5 Å². The second-order valence-electron chi connectivity index (χ2n) is 3.03. The van der Waals surface area contributed by atoms with Crippen LogP contribution in [0, 0.1) is 10.8 Å². The second-order valence-corrected chi connectivity index (χ2v) is 3.43. The van der Waals surface area contributed by atoms with Crippen LogP contribution in [0.2, 0.25) is 0 Å². The predicted octanol–water partition coefficient (Wildman–Crippen LogP) is 0.978. The highest BCUT2D eigenvalue weighted by Gasteiger charge is 2.27. The Labute approximate surface area is 86.6 Å². The Morgan fingerprint density at radius 1 is 1.62 bits per heavy atom. The Bertz CT molecular complexity index is 256. The van der Waals surface area contributed by atoms with Crippen molar-refractivity contribution in [3.63, 3.8) is 0 Å². The third-order valence-corrected chi connectivity index (χ3v) is 2.50. The molecule has 4 heteroatoms. The minimum absolute atomic E-state index is 0.0924. The third kappa shape index (κ3) is 2.45. The Balaban J connectivity index is 2.66. The highest BCUT2D eigenvalue weighted by atomic mass is 79.9. The molecule has 0 saturated carbocycles. The minimum Gasteiger partial charge on any atom is -0.375 e. The van der Waals surface area contributed by atoms with E-state index in [0.29, 0.717) is 13.2 Å². The van der Waals surface area contributed by atoms with E-state index in [4.69, 9.17) is 4.74 Å². The summed E-state index contributed by atoms with van der Waals surface area (Å²) in [5.41, 5.74) is 0. The summed E-state index contributed by atoms with van der Waals surface area (Å²) in [7, 11) is 0. The SMILES string of the molecule is CC1OCCN(C(=O)C#CBr)C1C. The maximum atomic E-state index is 11.4. The van der Waals surface area contributed by atoms with Gasteiger partial charge in [-0.3, -0.25) is 4.79 Å². The van der Waals surface area contributed by atoms with Gasteiger partial charge in [0.2, 0.25) is 0 Å². The maximum absolute atomic E-state index is 11.4. The van der Waals surface area contributed by atoms with Crippen LogP contribution in [0.1, 0.15) is 13.8 Å². The molecule has 1 heterocycles. The van der Waals surface area contributed by atoms with Gasteiger partial charge >= 0.3 is 0 Å². The van der Waals surface area contributed by atoms with Gasteiger partial charge in [0, 0.05) is 28.4 Å². The first-order valence-electron chi connectivity index (χ1n) is 4.20. The molecule has 1 aliphatic rings. The first-order chi connectivity index (χ1) is 6.16. The fourth-order valence-corrected chi connectivity index (χ4v) is 1.50. The molecule has 0 N–H and O–H groups in total. The average molecular weight is 246 g/mol. The molecule has 0 bridgehead atoms. The first kappa shape index (κ1) is 10.6. The van der Waals surface area contributed by atoms with Crippen molar-refractivity contribution in [1.29, 1.82) is 0 Å². The molecule has 13 heavy (non-hydrogen) atoms. The van der Waals surface area contributed by atoms with E-state index >= 15 is 0 Å². The standard InChI is InChI=1S/C9H12BrNO2/c1-7-8(2)13-6-5-11(7)9(12)3-4-10/h7-8H,5-6H2,1-2H3. The van der Waals surface area contributed by atoms with E-state index in [9.17, 15) is 4.79 Å². The molecule has 1 rings (SSSR count). The van der Waals surface area contributed by atoms with E-state index in [0.717, 1.165) is 0 Å². The lowest BCUT2D eigenvalue weighted by molar-refractivity contribution is -0.137. The number of hydrogen-bond acceptors (Lipinski definition) is 2. The zero-order valence-electron chi connectivity index (χ0n) is 7.71. The largest absolute Gasteiger partial charge is 0.375 e. The zero-order valence-corrected chi connectivity index (χ0v) is 9.30. The van der Waals surface area contributed by atoms with Crippen LogP contribution < -0.4 is 0 Å². The molecular weight excluding hydrogens is 234 g/mol. The number of morpholine rings is 1. The smallest absolute Gasteiger partial charge is 0.299 e. The summed E-state index contributed by atoms with van der Waals surface area (Å²) in [6, 6.07) is 0.106. The van der Waals surface area contributed by atoms with E-state index in [2.05, 4.69) is 26.7 Å². The van der Waals surface area contributed by atoms with Gasteiger partial charge in [0.1, 0.15) is 0 Å². The number of nitrogens with zero attached hydrogens (tertiary/aromatic N) is 1. The molecule has 1 amide bonds. The summed E-state index contributed by atoms with van der Waals surface area (Å²) in [4.78, 5) is 15.6. The lowest BCUT2D eigenvalue weighted by Gasteiger charge is -2.36. The highest BCUT2D eigenvalue weighted by Crippen LogP contribution is 2.12. The average Bonchev–Trinajstić information content (AvgIpc) is 2.10. The molecule has 2 unspecified atom stereocenters. The third-order valence-electron chi connectivity index (χ3n) is 2.30. The molecule has 0 aromatic rings. The Morgan fingerprint density at radius 3 is 2.92 bits per heavy atom. The van der Waals surface area contributed by atoms with Crippen molar-refractivity contribution in [2.45, 2.75) is 26.0 Å². The van der Waals surface area contributed by atoms with Gasteiger partial charge in [-0.2, -0.15) is 0 Å². The molecule has 0 radical (unpaired) electrons. The van der Waals surface area contributed by atoms with Crippen LogP contribution in [0.5, 0.6) is 0 Å². The number of ether oxygens (including phenoxy) is 1. The predicted molar refractivity (Wildman–Crippen MR) is 53.3 cm³/mol. The summed E-state index contributed by atoms with van der Waals surface area (Å²) in [5, 5.41) is 0. The summed E-state index contributed by atoms with van der Waals surface area (Å²) in [5.74, 6) is 2.32. The van der Waals surface area contributed by atoms with Crippen molar-refractivity contribution < 1.29 is 9.53 Å². The highest BCUT2D eigenvalue weighted by molar-refractivity contribution is 9.12. The Hall–Kier alpha value is -0.530. The normalized spacial score (nSPS) is 27.8. The van der Waals surface area contributed by atoms with Gasteiger partial charge in [0.25, 0.3) is 5.91 Å². The van der Waals surface area contributed by atoms with E-state index in [1.54, 1.807) is 4.90 Å². The summed E-state index contributed by atoms with van der Waals surface area (Å²) < 4.78 is 5.39. The molecule has 0 aromatic carbocycles. The zero-order chi connectivity index (χ0) is 9.84. The van der Waals surface area contributed by atoms with Gasteiger partial charge in [0.15, 0.2) is 0 Å². The molecule has 1 aliphatic heterocycles. The van der Waals surface area contributed by atoms with Crippen molar-refractivity contribution in [3.8, 4) is 10.8 Å². The number of amides is 1. The quantitative estimate of drug-likeness (QED) is 0.596. The van der Waals surface area contributed by atoms with E-state index in [1.165, 1.54) is 0 Å². The van der Waals surface area contributed by atoms with Crippen molar-refractivity contribution in [2.75, 3.05) is 13.2 Å². The van der Waals surface area contributed by atoms with Crippen LogP contribution in [0.25, 0.3) is 0 Å². The number of hydrogen-bond donors (Lipinski definition) is 0. The molecule has 0 spiro atoms. The van der Waals surface area contributed by atoms with Gasteiger partial charge in [-0.05, 0) is 18.7 Å². The van der Waals surface area contributed by atoms with Crippen molar-refractivity contribution >= 4 is 21.8 Å². The van der Waals surface area contributed by atoms with Crippen LogP contribution >= 0.6 is 15.9 Å². The van der Waals surface area contributed by atoms with Crippen molar-refractivity contribution in [1.82, 2.24) is 4.90 Å². The molecule has 0 aliphatic carbocycles. The minimum atomic E-state index is -0.139. The second kappa shape index (κ2) is 4.64. The van der Waals surface area contributed by atoms with Crippen LogP contribution in [-0.4, -0.2) is 36.1 Å². The first-order valence-corrected chi connectivity index (χ1v) is 5.00. The number of carbonyl (C=O) groups is 1. The lowest BCUT2D eigenvalue weighted by Crippen LogP contribution is -2.50. The maximum Gasteiger partial charge on any atom is 0.299 e. The van der Waals surface area contributed by atoms with Crippen LogP contribution in [0.4, 0.5) is 0 Å². The van der Waals surface area contributed by atoms with Gasteiger partial charge in [-0.25, -0.2) is 0 Å². The van der Waals surface area contributed by atoms with Crippen molar-refractivity contribution in [3.05, 3.63) is 0 Å². The monoisotopic (exact) mass is 245 g/mol. The van der Waals surface area contributed by atoms with Crippen LogP contribution in [-0.2, 0) is 9.53 Å².